The summed E-state index contributed by atoms with van der Waals surface area (Å²) in [6.45, 7) is 0. The molecule has 0 atom stereocenters. The summed E-state index contributed by atoms with van der Waals surface area (Å²) >= 11 is 5.71. The molecule has 0 fully saturated rings. The maximum atomic E-state index is 10.8. The number of ether oxygens (including phenoxy) is 1. The molecule has 1 aromatic heterocycles. The topological polar surface area (TPSA) is 62.2 Å². The average Bonchev–Trinajstić information content (AvgIpc) is 2.32. The zero-order valence-corrected chi connectivity index (χ0v) is 12.3. The number of hydrogen-bond acceptors (Lipinski definition) is 4. The fourth-order valence-electron chi connectivity index (χ4n) is 1.27. The molecule has 0 aliphatic heterocycles. The summed E-state index contributed by atoms with van der Waals surface area (Å²) in [5.74, 6) is -0.401. The number of aromatic nitrogens is 1. The largest absolute Gasteiger partial charge is 1.00 e. The number of carbonyl (C=O) groups is 1. The number of pyridine rings is 1. The van der Waals surface area contributed by atoms with Crippen molar-refractivity contribution >= 4 is 17.6 Å². The number of nitrogens with zero attached hydrogens (tertiary/aromatic N) is 1. The first-order chi connectivity index (χ1) is 8.16. The molecule has 1 heterocycles. The van der Waals surface area contributed by atoms with E-state index in [0.29, 0.717) is 11.5 Å². The first kappa shape index (κ1) is 15.0. The number of rotatable bonds is 3. The van der Waals surface area contributed by atoms with E-state index in [2.05, 4.69) is 4.98 Å². The van der Waals surface area contributed by atoms with Crippen molar-refractivity contribution in [2.45, 2.75) is 0 Å². The van der Waals surface area contributed by atoms with Gasteiger partial charge in [0.2, 0.25) is 0 Å². The third-order valence-corrected chi connectivity index (χ3v) is 2.37. The second-order valence-corrected chi connectivity index (χ2v) is 3.62. The number of carbonyl (C=O) groups excluding carboxylic acids is 1. The van der Waals surface area contributed by atoms with Gasteiger partial charge in [-0.05, 0) is 30.3 Å². The van der Waals surface area contributed by atoms with Gasteiger partial charge in [-0.1, -0.05) is 11.6 Å². The summed E-state index contributed by atoms with van der Waals surface area (Å²) in [6.07, 6.45) is 3.15. The van der Waals surface area contributed by atoms with Crippen molar-refractivity contribution in [1.82, 2.24) is 4.98 Å². The van der Waals surface area contributed by atoms with Gasteiger partial charge in [0.05, 0.1) is 5.97 Å². The molecule has 4 nitrogen and oxygen atoms in total. The second-order valence-electron chi connectivity index (χ2n) is 3.21. The predicted molar refractivity (Wildman–Crippen MR) is 60.1 cm³/mol. The summed E-state index contributed by atoms with van der Waals surface area (Å²) in [7, 11) is 0. The summed E-state index contributed by atoms with van der Waals surface area (Å²) < 4.78 is 5.43. The van der Waals surface area contributed by atoms with Gasteiger partial charge in [-0.25, -0.2) is 0 Å². The molecule has 0 bridgehead atoms. The third-order valence-electron chi connectivity index (χ3n) is 2.04. The Labute approximate surface area is 131 Å². The molecule has 1 aromatic carbocycles. The quantitative estimate of drug-likeness (QED) is 0.665. The zero-order chi connectivity index (χ0) is 12.3. The number of carboxylic acid groups (broad SMARTS) is 1. The van der Waals surface area contributed by atoms with Crippen LogP contribution in [0.5, 0.6) is 11.5 Å². The van der Waals surface area contributed by atoms with Crippen LogP contribution < -0.4 is 39.4 Å². The van der Waals surface area contributed by atoms with E-state index < -0.39 is 5.97 Å². The molecule has 0 aliphatic carbocycles. The molecule has 86 valence electrons. The summed E-state index contributed by atoms with van der Waals surface area (Å²) in [5.41, 5.74) is -0.0989. The first-order valence-corrected chi connectivity index (χ1v) is 5.13. The molecule has 0 saturated carbocycles. The van der Waals surface area contributed by atoms with Gasteiger partial charge in [0, 0.05) is 23.0 Å². The number of aromatic carboxylic acids is 1. The van der Waals surface area contributed by atoms with Gasteiger partial charge in [0.25, 0.3) is 0 Å². The zero-order valence-electron chi connectivity index (χ0n) is 9.59. The van der Waals surface area contributed by atoms with Crippen molar-refractivity contribution in [2.24, 2.45) is 0 Å². The van der Waals surface area contributed by atoms with Crippen molar-refractivity contribution in [2.75, 3.05) is 0 Å². The smallest absolute Gasteiger partial charge is 0.545 e. The van der Waals surface area contributed by atoms with Gasteiger partial charge in [0.1, 0.15) is 11.5 Å². The summed E-state index contributed by atoms with van der Waals surface area (Å²) in [6, 6.07) is 7.66. The average molecular weight is 272 g/mol. The molecular formula is C12H7ClNNaO3. The van der Waals surface area contributed by atoms with Crippen LogP contribution in [0, 0.1) is 0 Å². The number of hydrogen-bond donors (Lipinski definition) is 0. The van der Waals surface area contributed by atoms with Crippen LogP contribution in [0.1, 0.15) is 10.4 Å². The van der Waals surface area contributed by atoms with E-state index in [1.165, 1.54) is 12.1 Å². The second kappa shape index (κ2) is 6.75. The number of benzene rings is 1. The van der Waals surface area contributed by atoms with Gasteiger partial charge in [-0.15, -0.1) is 0 Å². The van der Waals surface area contributed by atoms with Crippen LogP contribution in [0.3, 0.4) is 0 Å². The molecule has 0 unspecified atom stereocenters. The normalized spacial score (nSPS) is 9.39. The Morgan fingerprint density at radius 2 is 1.83 bits per heavy atom. The molecule has 6 heteroatoms. The summed E-state index contributed by atoms with van der Waals surface area (Å²) in [4.78, 5) is 14.6. The minimum Gasteiger partial charge on any atom is -0.545 e. The molecule has 2 rings (SSSR count). The van der Waals surface area contributed by atoms with Crippen LogP contribution in [0.4, 0.5) is 0 Å². The maximum Gasteiger partial charge on any atom is 1.00 e. The van der Waals surface area contributed by atoms with Gasteiger partial charge in [-0.2, -0.15) is 0 Å². The van der Waals surface area contributed by atoms with Gasteiger partial charge in [-0.3, -0.25) is 4.98 Å². The van der Waals surface area contributed by atoms with E-state index >= 15 is 0 Å². The predicted octanol–water partition coefficient (Wildman–Crippen LogP) is -1.11. The van der Waals surface area contributed by atoms with Crippen LogP contribution in [0.15, 0.2) is 42.7 Å². The molecule has 0 N–H and O–H groups in total. The molecule has 0 aliphatic rings. The molecule has 0 radical (unpaired) electrons. The molecule has 0 saturated heterocycles. The van der Waals surface area contributed by atoms with Crippen molar-refractivity contribution in [3.8, 4) is 11.5 Å². The Morgan fingerprint density at radius 3 is 2.44 bits per heavy atom. The Balaban J connectivity index is 0.00000162. The van der Waals surface area contributed by atoms with Gasteiger partial charge < -0.3 is 14.6 Å². The number of halogens is 1. The number of carboxylic acids is 1. The molecule has 2 aromatic rings. The van der Waals surface area contributed by atoms with E-state index in [-0.39, 0.29) is 40.1 Å². The minimum absolute atomic E-state index is 0. The van der Waals surface area contributed by atoms with Crippen LogP contribution in [0.25, 0.3) is 0 Å². The van der Waals surface area contributed by atoms with E-state index in [1.54, 1.807) is 30.6 Å². The van der Waals surface area contributed by atoms with Crippen molar-refractivity contribution in [1.29, 1.82) is 0 Å². The van der Waals surface area contributed by atoms with Crippen LogP contribution in [-0.4, -0.2) is 11.0 Å². The van der Waals surface area contributed by atoms with Crippen LogP contribution >= 0.6 is 11.6 Å². The molecule has 18 heavy (non-hydrogen) atoms. The maximum absolute atomic E-state index is 10.8. The monoisotopic (exact) mass is 271 g/mol. The molecule has 0 amide bonds. The van der Waals surface area contributed by atoms with Gasteiger partial charge in [0.15, 0.2) is 0 Å². The SMILES string of the molecule is O=C([O-])c1cc(Oc2ccncc2)ccc1Cl.[Na+]. The fourth-order valence-corrected chi connectivity index (χ4v) is 1.46. The summed E-state index contributed by atoms with van der Waals surface area (Å²) in [5, 5.41) is 10.9. The Bertz CT molecular complexity index is 548. The van der Waals surface area contributed by atoms with Crippen LogP contribution in [-0.2, 0) is 0 Å². The molecular weight excluding hydrogens is 265 g/mol. The van der Waals surface area contributed by atoms with Crippen molar-refractivity contribution < 1.29 is 44.2 Å². The minimum atomic E-state index is -1.34. The Kier molecular flexibility index (Phi) is 5.62. The fraction of sp³-hybridized carbons (Fsp3) is 0. The molecule has 0 spiro atoms. The van der Waals surface area contributed by atoms with Gasteiger partial charge >= 0.3 is 29.6 Å². The third kappa shape index (κ3) is 3.71. The van der Waals surface area contributed by atoms with E-state index in [1.807, 2.05) is 0 Å². The Morgan fingerprint density at radius 1 is 1.17 bits per heavy atom. The van der Waals surface area contributed by atoms with E-state index in [0.717, 1.165) is 0 Å². The Hall–Kier alpha value is -1.07. The van der Waals surface area contributed by atoms with Crippen LogP contribution in [0.2, 0.25) is 5.02 Å². The standard InChI is InChI=1S/C12H8ClNO3.Na/c13-11-2-1-9(7-10(11)12(15)16)17-8-3-5-14-6-4-8;/h1-7H,(H,15,16);/q;+1/p-1. The van der Waals surface area contributed by atoms with Crippen molar-refractivity contribution in [3.05, 3.63) is 53.3 Å². The van der Waals surface area contributed by atoms with Crippen molar-refractivity contribution in [3.63, 3.8) is 0 Å². The van der Waals surface area contributed by atoms with E-state index in [9.17, 15) is 9.90 Å². The first-order valence-electron chi connectivity index (χ1n) is 4.75. The van der Waals surface area contributed by atoms with E-state index in [4.69, 9.17) is 16.3 Å².